The molecule has 1 atom stereocenters. The summed E-state index contributed by atoms with van der Waals surface area (Å²) in [6.45, 7) is 1.69. The van der Waals surface area contributed by atoms with Crippen LogP contribution in [0, 0.1) is 12.7 Å². The number of carboxylic acids is 1. The van der Waals surface area contributed by atoms with Crippen LogP contribution in [0.25, 0.3) is 33.1 Å². The molecule has 0 aliphatic carbocycles. The number of aryl methyl sites for hydroxylation is 1. The van der Waals surface area contributed by atoms with Crippen molar-refractivity contribution in [3.63, 3.8) is 0 Å². The third-order valence-electron chi connectivity index (χ3n) is 6.48. The highest BCUT2D eigenvalue weighted by Crippen LogP contribution is 2.34. The van der Waals surface area contributed by atoms with Crippen molar-refractivity contribution in [1.82, 2.24) is 5.32 Å². The van der Waals surface area contributed by atoms with E-state index < -0.39 is 23.5 Å². The van der Waals surface area contributed by atoms with Gasteiger partial charge in [0.15, 0.2) is 0 Å². The summed E-state index contributed by atoms with van der Waals surface area (Å²) in [5.74, 6) is -2.20. The SMILES string of the molecule is Cc1c(CC(=O)N[C@@H](Cc2ccc(O)cc2)C(=O)O)c(=O)oc2cc3occ(-c4ccc(F)cc4)c3cc12. The second-order valence-electron chi connectivity index (χ2n) is 9.00. The lowest BCUT2D eigenvalue weighted by atomic mass is 9.99. The van der Waals surface area contributed by atoms with Gasteiger partial charge in [-0.3, -0.25) is 4.79 Å². The number of hydrogen-bond acceptors (Lipinski definition) is 6. The minimum atomic E-state index is -1.23. The fraction of sp³-hybridized carbons (Fsp3) is 0.138. The second kappa shape index (κ2) is 9.85. The van der Waals surface area contributed by atoms with Crippen molar-refractivity contribution in [2.45, 2.75) is 25.8 Å². The van der Waals surface area contributed by atoms with Crippen LogP contribution in [-0.4, -0.2) is 28.1 Å². The Kier molecular flexibility index (Phi) is 6.42. The molecule has 0 fully saturated rings. The summed E-state index contributed by atoms with van der Waals surface area (Å²) < 4.78 is 24.5. The molecule has 2 heterocycles. The van der Waals surface area contributed by atoms with Crippen molar-refractivity contribution in [2.24, 2.45) is 0 Å². The van der Waals surface area contributed by atoms with Crippen LogP contribution in [0.1, 0.15) is 16.7 Å². The first-order chi connectivity index (χ1) is 18.2. The van der Waals surface area contributed by atoms with Crippen molar-refractivity contribution in [1.29, 1.82) is 0 Å². The van der Waals surface area contributed by atoms with Gasteiger partial charge >= 0.3 is 11.6 Å². The number of carboxylic acid groups (broad SMARTS) is 1. The average molecular weight is 515 g/mol. The number of aliphatic carboxylic acids is 1. The van der Waals surface area contributed by atoms with E-state index in [2.05, 4.69) is 5.32 Å². The van der Waals surface area contributed by atoms with Gasteiger partial charge in [0, 0.05) is 28.8 Å². The molecule has 0 aliphatic rings. The zero-order chi connectivity index (χ0) is 27.0. The fourth-order valence-electron chi connectivity index (χ4n) is 4.44. The van der Waals surface area contributed by atoms with Gasteiger partial charge in [0.1, 0.15) is 28.8 Å². The molecule has 2 aromatic heterocycles. The number of carbonyl (C=O) groups excluding carboxylic acids is 1. The molecular formula is C29H22FNO7. The Morgan fingerprint density at radius 1 is 1.00 bits per heavy atom. The molecule has 0 saturated heterocycles. The maximum atomic E-state index is 13.4. The standard InChI is InChI=1S/C29H22FNO7/c1-15-20-11-22-23(17-4-6-18(30)7-5-17)14-37-25(22)13-26(20)38-29(36)21(15)12-27(33)31-24(28(34)35)10-16-2-8-19(32)9-3-16/h2-9,11,13-14,24,32H,10,12H2,1H3,(H,31,33)(H,34,35)/t24-/m0/s1. The summed E-state index contributed by atoms with van der Waals surface area (Å²) in [5, 5.41) is 22.8. The first-order valence-corrected chi connectivity index (χ1v) is 11.7. The molecule has 1 amide bonds. The first kappa shape index (κ1) is 24.8. The number of aromatic hydroxyl groups is 1. The zero-order valence-electron chi connectivity index (χ0n) is 20.2. The van der Waals surface area contributed by atoms with Crippen LogP contribution in [0.2, 0.25) is 0 Å². The van der Waals surface area contributed by atoms with Crippen molar-refractivity contribution in [3.05, 3.63) is 99.9 Å². The monoisotopic (exact) mass is 515 g/mol. The van der Waals surface area contributed by atoms with Crippen molar-refractivity contribution in [2.75, 3.05) is 0 Å². The molecule has 0 aliphatic heterocycles. The van der Waals surface area contributed by atoms with Crippen molar-refractivity contribution < 1.29 is 33.0 Å². The molecule has 192 valence electrons. The van der Waals surface area contributed by atoms with E-state index in [1.54, 1.807) is 49.6 Å². The summed E-state index contributed by atoms with van der Waals surface area (Å²) >= 11 is 0. The molecule has 5 aromatic rings. The van der Waals surface area contributed by atoms with Gasteiger partial charge in [0.05, 0.1) is 18.2 Å². The molecule has 5 rings (SSSR count). The van der Waals surface area contributed by atoms with Crippen LogP contribution in [-0.2, 0) is 22.4 Å². The summed E-state index contributed by atoms with van der Waals surface area (Å²) in [6, 6.07) is 14.1. The Bertz CT molecular complexity index is 1730. The van der Waals surface area contributed by atoms with E-state index >= 15 is 0 Å². The smallest absolute Gasteiger partial charge is 0.340 e. The van der Waals surface area contributed by atoms with Crippen LogP contribution in [0.15, 0.2) is 80.6 Å². The van der Waals surface area contributed by atoms with Gasteiger partial charge < -0.3 is 24.4 Å². The quantitative estimate of drug-likeness (QED) is 0.268. The van der Waals surface area contributed by atoms with E-state index in [0.29, 0.717) is 22.1 Å². The highest BCUT2D eigenvalue weighted by Gasteiger charge is 2.23. The number of hydrogen-bond donors (Lipinski definition) is 3. The van der Waals surface area contributed by atoms with Crippen LogP contribution < -0.4 is 10.9 Å². The topological polar surface area (TPSA) is 130 Å². The number of rotatable bonds is 7. The first-order valence-electron chi connectivity index (χ1n) is 11.7. The molecule has 0 saturated carbocycles. The molecular weight excluding hydrogens is 493 g/mol. The van der Waals surface area contributed by atoms with E-state index in [9.17, 15) is 29.0 Å². The molecule has 3 aromatic carbocycles. The van der Waals surface area contributed by atoms with Crippen LogP contribution in [0.3, 0.4) is 0 Å². The van der Waals surface area contributed by atoms with Gasteiger partial charge in [-0.25, -0.2) is 14.0 Å². The minimum absolute atomic E-state index is 0.00268. The highest BCUT2D eigenvalue weighted by molar-refractivity contribution is 6.02. The van der Waals surface area contributed by atoms with Gasteiger partial charge in [0.25, 0.3) is 0 Å². The molecule has 0 spiro atoms. The number of phenolic OH excluding ortho intramolecular Hbond substituents is 1. The number of benzene rings is 3. The maximum absolute atomic E-state index is 13.4. The number of amides is 1. The largest absolute Gasteiger partial charge is 0.508 e. The number of carbonyl (C=O) groups is 2. The summed E-state index contributed by atoms with van der Waals surface area (Å²) in [4.78, 5) is 37.3. The Balaban J connectivity index is 1.45. The third kappa shape index (κ3) is 4.86. The number of fused-ring (bicyclic) bond motifs is 2. The zero-order valence-corrected chi connectivity index (χ0v) is 20.2. The van der Waals surface area contributed by atoms with E-state index in [4.69, 9.17) is 8.83 Å². The van der Waals surface area contributed by atoms with Gasteiger partial charge in [-0.05, 0) is 53.9 Å². The van der Waals surface area contributed by atoms with Gasteiger partial charge in [-0.1, -0.05) is 24.3 Å². The predicted octanol–water partition coefficient (Wildman–Crippen LogP) is 4.71. The third-order valence-corrected chi connectivity index (χ3v) is 6.48. The van der Waals surface area contributed by atoms with Crippen molar-refractivity contribution >= 4 is 33.8 Å². The summed E-state index contributed by atoms with van der Waals surface area (Å²) in [7, 11) is 0. The average Bonchev–Trinajstić information content (AvgIpc) is 3.29. The van der Waals surface area contributed by atoms with Gasteiger partial charge in [-0.2, -0.15) is 0 Å². The molecule has 0 unspecified atom stereocenters. The Morgan fingerprint density at radius 3 is 2.39 bits per heavy atom. The number of halogens is 1. The lowest BCUT2D eigenvalue weighted by molar-refractivity contribution is -0.141. The van der Waals surface area contributed by atoms with Gasteiger partial charge in [-0.15, -0.1) is 0 Å². The second-order valence-corrected chi connectivity index (χ2v) is 9.00. The summed E-state index contributed by atoms with van der Waals surface area (Å²) in [5.41, 5.74) is 2.75. The molecule has 9 heteroatoms. The van der Waals surface area contributed by atoms with E-state index in [1.165, 1.54) is 24.3 Å². The number of phenols is 1. The Hall–Kier alpha value is -4.92. The van der Waals surface area contributed by atoms with Crippen LogP contribution in [0.4, 0.5) is 4.39 Å². The molecule has 8 nitrogen and oxygen atoms in total. The normalized spacial score (nSPS) is 12.1. The van der Waals surface area contributed by atoms with E-state index in [-0.39, 0.29) is 35.6 Å². The lowest BCUT2D eigenvalue weighted by Crippen LogP contribution is -2.43. The molecule has 38 heavy (non-hydrogen) atoms. The maximum Gasteiger partial charge on any atom is 0.340 e. The van der Waals surface area contributed by atoms with Crippen LogP contribution >= 0.6 is 0 Å². The molecule has 0 bridgehead atoms. The number of furan rings is 1. The molecule has 3 N–H and O–H groups in total. The van der Waals surface area contributed by atoms with Crippen LogP contribution in [0.5, 0.6) is 5.75 Å². The lowest BCUT2D eigenvalue weighted by Gasteiger charge is -2.15. The summed E-state index contributed by atoms with van der Waals surface area (Å²) in [6.07, 6.45) is 1.16. The van der Waals surface area contributed by atoms with Crippen molar-refractivity contribution in [3.8, 4) is 16.9 Å². The Labute approximate surface area is 214 Å². The highest BCUT2D eigenvalue weighted by atomic mass is 19.1. The minimum Gasteiger partial charge on any atom is -0.508 e. The van der Waals surface area contributed by atoms with E-state index in [0.717, 1.165) is 16.5 Å². The fourth-order valence-corrected chi connectivity index (χ4v) is 4.44. The van der Waals surface area contributed by atoms with E-state index in [1.807, 2.05) is 0 Å². The number of nitrogens with one attached hydrogen (secondary N) is 1. The van der Waals surface area contributed by atoms with Gasteiger partial charge in [0.2, 0.25) is 5.91 Å². The molecule has 0 radical (unpaired) electrons. The Morgan fingerprint density at radius 2 is 1.71 bits per heavy atom. The predicted molar refractivity (Wildman–Crippen MR) is 137 cm³/mol.